The number of halogens is 1. The van der Waals surface area contributed by atoms with Gasteiger partial charge in [-0.25, -0.2) is 0 Å². The van der Waals surface area contributed by atoms with Crippen molar-refractivity contribution < 1.29 is 9.59 Å². The number of rotatable bonds is 3. The molecular weight excluding hydrogens is 332 g/mol. The van der Waals surface area contributed by atoms with Crippen LogP contribution in [0.4, 0.5) is 5.69 Å². The van der Waals surface area contributed by atoms with E-state index in [1.54, 1.807) is 11.8 Å². The second kappa shape index (κ2) is 5.79. The summed E-state index contributed by atoms with van der Waals surface area (Å²) in [5, 5.41) is 2.92. The van der Waals surface area contributed by atoms with E-state index in [2.05, 4.69) is 21.2 Å². The van der Waals surface area contributed by atoms with Crippen molar-refractivity contribution in [2.75, 3.05) is 4.90 Å². The van der Waals surface area contributed by atoms with Gasteiger partial charge in [0.25, 0.3) is 5.91 Å². The van der Waals surface area contributed by atoms with Gasteiger partial charge in [-0.1, -0.05) is 26.0 Å². The summed E-state index contributed by atoms with van der Waals surface area (Å²) in [4.78, 5) is 27.0. The fourth-order valence-electron chi connectivity index (χ4n) is 2.78. The highest BCUT2D eigenvalue weighted by molar-refractivity contribution is 9.10. The Labute approximate surface area is 134 Å². The smallest absolute Gasteiger partial charge is 0.253 e. The monoisotopic (exact) mass is 352 g/mol. The van der Waals surface area contributed by atoms with Gasteiger partial charge in [-0.2, -0.15) is 0 Å². The van der Waals surface area contributed by atoms with Gasteiger partial charge in [-0.15, -0.1) is 0 Å². The summed E-state index contributed by atoms with van der Waals surface area (Å²) in [5.74, 6) is -0.141. The van der Waals surface area contributed by atoms with Crippen molar-refractivity contribution in [3.05, 3.63) is 28.2 Å². The van der Waals surface area contributed by atoms with Crippen LogP contribution in [0.15, 0.2) is 22.7 Å². The molecule has 5 heteroatoms. The number of hydrogen-bond donors (Lipinski definition) is 1. The van der Waals surface area contributed by atoms with Gasteiger partial charge in [0.1, 0.15) is 11.6 Å². The molecule has 1 heterocycles. The maximum absolute atomic E-state index is 13.0. The Hall–Kier alpha value is -1.36. The van der Waals surface area contributed by atoms with Gasteiger partial charge in [-0.05, 0) is 54.2 Å². The third-order valence-corrected chi connectivity index (χ3v) is 5.43. The van der Waals surface area contributed by atoms with Gasteiger partial charge in [0.05, 0.1) is 5.69 Å². The van der Waals surface area contributed by atoms with Crippen molar-refractivity contribution >= 4 is 33.4 Å². The van der Waals surface area contributed by atoms with E-state index in [0.717, 1.165) is 15.7 Å². The molecule has 1 N–H and O–H groups in total. The van der Waals surface area contributed by atoms with E-state index >= 15 is 0 Å². The lowest BCUT2D eigenvalue weighted by Crippen LogP contribution is -2.69. The molecule has 0 bridgehead atoms. The van der Waals surface area contributed by atoms with Crippen LogP contribution in [-0.2, 0) is 9.59 Å². The zero-order valence-corrected chi connectivity index (χ0v) is 14.5. The number of carbonyl (C=O) groups is 2. The molecule has 114 valence electrons. The predicted molar refractivity (Wildman–Crippen MR) is 87.3 cm³/mol. The van der Waals surface area contributed by atoms with Crippen LogP contribution in [0.2, 0.25) is 0 Å². The Bertz CT molecular complexity index is 582. The van der Waals surface area contributed by atoms with Gasteiger partial charge < -0.3 is 5.32 Å². The van der Waals surface area contributed by atoms with E-state index in [9.17, 15) is 9.59 Å². The number of carbonyl (C=O) groups excluding carboxylic acids is 2. The SMILES string of the molecule is CCC1(CC)NC(=O)C(C)N(c2cccc(C)c2Br)C1=O. The summed E-state index contributed by atoms with van der Waals surface area (Å²) in [6, 6.07) is 5.24. The Kier molecular flexibility index (Phi) is 4.42. The Morgan fingerprint density at radius 2 is 1.90 bits per heavy atom. The number of aryl methyl sites for hydroxylation is 1. The molecular formula is C16H21BrN2O2. The lowest BCUT2D eigenvalue weighted by molar-refractivity contribution is -0.138. The van der Waals surface area contributed by atoms with Crippen LogP contribution >= 0.6 is 15.9 Å². The topological polar surface area (TPSA) is 49.4 Å². The molecule has 1 aliphatic heterocycles. The lowest BCUT2D eigenvalue weighted by atomic mass is 9.87. The minimum absolute atomic E-state index is 0.0362. The number of benzene rings is 1. The van der Waals surface area contributed by atoms with Crippen LogP contribution in [0.25, 0.3) is 0 Å². The molecule has 1 aliphatic rings. The molecule has 2 rings (SSSR count). The fraction of sp³-hybridized carbons (Fsp3) is 0.500. The largest absolute Gasteiger partial charge is 0.340 e. The zero-order valence-electron chi connectivity index (χ0n) is 12.9. The Morgan fingerprint density at radius 1 is 1.29 bits per heavy atom. The average Bonchev–Trinajstić information content (AvgIpc) is 2.47. The number of nitrogens with zero attached hydrogens (tertiary/aromatic N) is 1. The van der Waals surface area contributed by atoms with E-state index in [1.165, 1.54) is 0 Å². The van der Waals surface area contributed by atoms with Gasteiger partial charge in [-0.3, -0.25) is 14.5 Å². The number of piperazine rings is 1. The molecule has 0 radical (unpaired) electrons. The van der Waals surface area contributed by atoms with Crippen LogP contribution in [0.5, 0.6) is 0 Å². The van der Waals surface area contributed by atoms with Crippen molar-refractivity contribution in [3.8, 4) is 0 Å². The highest BCUT2D eigenvalue weighted by Gasteiger charge is 2.48. The van der Waals surface area contributed by atoms with Crippen LogP contribution < -0.4 is 10.2 Å². The Morgan fingerprint density at radius 3 is 2.48 bits per heavy atom. The maximum atomic E-state index is 13.0. The summed E-state index contributed by atoms with van der Waals surface area (Å²) in [6.07, 6.45) is 1.17. The second-order valence-electron chi connectivity index (χ2n) is 5.54. The highest BCUT2D eigenvalue weighted by atomic mass is 79.9. The summed E-state index contributed by atoms with van der Waals surface area (Å²) in [6.45, 7) is 7.60. The highest BCUT2D eigenvalue weighted by Crippen LogP contribution is 2.35. The van der Waals surface area contributed by atoms with Gasteiger partial charge >= 0.3 is 0 Å². The lowest BCUT2D eigenvalue weighted by Gasteiger charge is -2.44. The van der Waals surface area contributed by atoms with E-state index in [0.29, 0.717) is 12.8 Å². The van der Waals surface area contributed by atoms with Crippen molar-refractivity contribution in [3.63, 3.8) is 0 Å². The molecule has 1 fully saturated rings. The van der Waals surface area contributed by atoms with E-state index in [-0.39, 0.29) is 11.8 Å². The molecule has 0 aliphatic carbocycles. The number of amides is 2. The van der Waals surface area contributed by atoms with Gasteiger partial charge in [0.2, 0.25) is 5.91 Å². The molecule has 1 unspecified atom stereocenters. The van der Waals surface area contributed by atoms with Crippen molar-refractivity contribution in [1.82, 2.24) is 5.32 Å². The Balaban J connectivity index is 2.56. The first-order chi connectivity index (χ1) is 9.88. The van der Waals surface area contributed by atoms with E-state index in [4.69, 9.17) is 0 Å². The first-order valence-electron chi connectivity index (χ1n) is 7.28. The average molecular weight is 353 g/mol. The summed E-state index contributed by atoms with van der Waals surface area (Å²) < 4.78 is 0.862. The third-order valence-electron chi connectivity index (χ3n) is 4.40. The minimum atomic E-state index is -0.799. The number of anilines is 1. The predicted octanol–water partition coefficient (Wildman–Crippen LogP) is 3.17. The van der Waals surface area contributed by atoms with Crippen LogP contribution in [0.1, 0.15) is 39.2 Å². The van der Waals surface area contributed by atoms with Gasteiger partial charge in [0, 0.05) is 4.47 Å². The summed E-state index contributed by atoms with van der Waals surface area (Å²) >= 11 is 3.55. The molecule has 1 atom stereocenters. The van der Waals surface area contributed by atoms with Gasteiger partial charge in [0.15, 0.2) is 0 Å². The number of nitrogens with one attached hydrogen (secondary N) is 1. The van der Waals surface area contributed by atoms with Crippen molar-refractivity contribution in [1.29, 1.82) is 0 Å². The summed E-state index contributed by atoms with van der Waals surface area (Å²) in [5.41, 5.74) is 0.998. The first kappa shape index (κ1) is 16.0. The molecule has 1 saturated heterocycles. The third kappa shape index (κ3) is 2.48. The quantitative estimate of drug-likeness (QED) is 0.908. The van der Waals surface area contributed by atoms with Crippen LogP contribution in [-0.4, -0.2) is 23.4 Å². The molecule has 0 aromatic heterocycles. The van der Waals surface area contributed by atoms with Crippen LogP contribution in [0.3, 0.4) is 0 Å². The maximum Gasteiger partial charge on any atom is 0.253 e. The zero-order chi connectivity index (χ0) is 15.8. The summed E-state index contributed by atoms with van der Waals surface area (Å²) in [7, 11) is 0. The molecule has 1 aromatic carbocycles. The molecule has 1 aromatic rings. The molecule has 2 amide bonds. The number of hydrogen-bond acceptors (Lipinski definition) is 2. The normalized spacial score (nSPS) is 21.4. The van der Waals surface area contributed by atoms with E-state index in [1.807, 2.05) is 39.0 Å². The van der Waals surface area contributed by atoms with Crippen molar-refractivity contribution in [2.45, 2.75) is 52.1 Å². The molecule has 4 nitrogen and oxygen atoms in total. The minimum Gasteiger partial charge on any atom is -0.340 e. The standard InChI is InChI=1S/C16H21BrN2O2/c1-5-16(6-2)15(21)19(11(4)14(20)18-16)12-9-7-8-10(3)13(12)17/h7-9,11H,5-6H2,1-4H3,(H,18,20). The second-order valence-corrected chi connectivity index (χ2v) is 6.33. The fourth-order valence-corrected chi connectivity index (χ4v) is 3.24. The first-order valence-corrected chi connectivity index (χ1v) is 8.08. The molecule has 21 heavy (non-hydrogen) atoms. The van der Waals surface area contributed by atoms with E-state index < -0.39 is 11.6 Å². The van der Waals surface area contributed by atoms with Crippen LogP contribution in [0, 0.1) is 6.92 Å². The van der Waals surface area contributed by atoms with Crippen molar-refractivity contribution in [2.24, 2.45) is 0 Å². The molecule has 0 saturated carbocycles. The molecule has 0 spiro atoms.